The first-order valence-corrected chi connectivity index (χ1v) is 10.2. The molecule has 0 radical (unpaired) electrons. The number of hydrogen-bond donors (Lipinski definition) is 2. The molecule has 0 aliphatic heterocycles. The van der Waals surface area contributed by atoms with Crippen LogP contribution in [-0.2, 0) is 14.2 Å². The van der Waals surface area contributed by atoms with Gasteiger partial charge in [0.15, 0.2) is 0 Å². The Morgan fingerprint density at radius 3 is 2.43 bits per heavy atom. The van der Waals surface area contributed by atoms with Gasteiger partial charge in [-0.2, -0.15) is 0 Å². The number of hydrogen-bond acceptors (Lipinski definition) is 3. The van der Waals surface area contributed by atoms with E-state index in [4.69, 9.17) is 5.11 Å². The number of aliphatic carboxylic acids is 1. The first-order valence-electron chi connectivity index (χ1n) is 8.12. The lowest BCUT2D eigenvalue weighted by molar-refractivity contribution is -0.141. The van der Waals surface area contributed by atoms with Crippen LogP contribution in [0.1, 0.15) is 33.1 Å². The van der Waals surface area contributed by atoms with E-state index in [2.05, 4.69) is 5.32 Å². The van der Waals surface area contributed by atoms with Crippen LogP contribution in [0.2, 0.25) is 0 Å². The highest BCUT2D eigenvalue weighted by atomic mass is 31.2. The lowest BCUT2D eigenvalue weighted by Crippen LogP contribution is -2.22. The predicted octanol–water partition coefficient (Wildman–Crippen LogP) is 3.15. The van der Waals surface area contributed by atoms with Gasteiger partial charge in [0.1, 0.15) is 7.14 Å². The summed E-state index contributed by atoms with van der Waals surface area (Å²) in [5.41, 5.74) is 0.633. The summed E-state index contributed by atoms with van der Waals surface area (Å²) >= 11 is 0. The second-order valence-electron chi connectivity index (χ2n) is 6.11. The van der Waals surface area contributed by atoms with Crippen LogP contribution in [0.4, 0.5) is 5.69 Å². The summed E-state index contributed by atoms with van der Waals surface area (Å²) in [5, 5.41) is 12.7. The van der Waals surface area contributed by atoms with Crippen LogP contribution < -0.4 is 10.6 Å². The molecule has 1 saturated carbocycles. The molecule has 1 aliphatic carbocycles. The van der Waals surface area contributed by atoms with E-state index in [0.29, 0.717) is 37.3 Å². The van der Waals surface area contributed by atoms with Crippen molar-refractivity contribution in [2.24, 2.45) is 11.8 Å². The van der Waals surface area contributed by atoms with E-state index in [-0.39, 0.29) is 11.8 Å². The van der Waals surface area contributed by atoms with Crippen LogP contribution in [0.5, 0.6) is 0 Å². The van der Waals surface area contributed by atoms with Gasteiger partial charge in [-0.3, -0.25) is 9.59 Å². The van der Waals surface area contributed by atoms with Crippen LogP contribution in [0.25, 0.3) is 0 Å². The Kier molecular flexibility index (Phi) is 5.64. The quantitative estimate of drug-likeness (QED) is 0.781. The molecule has 0 heterocycles. The molecule has 1 aliphatic rings. The normalized spacial score (nSPS) is 21.1. The topological polar surface area (TPSA) is 83.5 Å². The summed E-state index contributed by atoms with van der Waals surface area (Å²) in [7, 11) is -2.38. The van der Waals surface area contributed by atoms with E-state index in [0.717, 1.165) is 5.30 Å². The Morgan fingerprint density at radius 2 is 1.87 bits per heavy atom. The van der Waals surface area contributed by atoms with Crippen molar-refractivity contribution in [2.75, 3.05) is 17.6 Å². The number of rotatable bonds is 6. The second-order valence-corrected chi connectivity index (χ2v) is 9.67. The van der Waals surface area contributed by atoms with Gasteiger partial charge in [0.25, 0.3) is 0 Å². The number of benzene rings is 1. The van der Waals surface area contributed by atoms with E-state index < -0.39 is 19.0 Å². The molecule has 1 aromatic rings. The maximum atomic E-state index is 12.8. The molecular weight excluding hydrogens is 313 g/mol. The largest absolute Gasteiger partial charge is 0.481 e. The van der Waals surface area contributed by atoms with Crippen LogP contribution in [-0.4, -0.2) is 29.3 Å². The highest BCUT2D eigenvalue weighted by Crippen LogP contribution is 2.43. The fourth-order valence-corrected chi connectivity index (χ4v) is 5.02. The van der Waals surface area contributed by atoms with E-state index >= 15 is 0 Å². The SMILES string of the molecule is CCP(=O)(CC)c1cccc(NC(=O)[C@@H]2CC[C@H](C(=O)O)C2)c1. The Morgan fingerprint density at radius 1 is 1.22 bits per heavy atom. The number of carboxylic acid groups (broad SMARTS) is 1. The molecule has 1 aromatic carbocycles. The van der Waals surface area contributed by atoms with Crippen molar-refractivity contribution in [2.45, 2.75) is 33.1 Å². The van der Waals surface area contributed by atoms with Gasteiger partial charge < -0.3 is 15.0 Å². The number of carbonyl (C=O) groups excluding carboxylic acids is 1. The minimum atomic E-state index is -2.38. The monoisotopic (exact) mass is 337 g/mol. The maximum absolute atomic E-state index is 12.8. The summed E-state index contributed by atoms with van der Waals surface area (Å²) in [6.45, 7) is 3.83. The van der Waals surface area contributed by atoms with Crippen molar-refractivity contribution in [3.05, 3.63) is 24.3 Å². The van der Waals surface area contributed by atoms with Crippen LogP contribution >= 0.6 is 7.14 Å². The first-order chi connectivity index (χ1) is 10.9. The van der Waals surface area contributed by atoms with Gasteiger partial charge in [0, 0.05) is 29.2 Å². The van der Waals surface area contributed by atoms with Gasteiger partial charge >= 0.3 is 5.97 Å². The van der Waals surface area contributed by atoms with Crippen LogP contribution in [0, 0.1) is 11.8 Å². The number of carboxylic acids is 1. The summed E-state index contributed by atoms with van der Waals surface area (Å²) in [6.07, 6.45) is 2.75. The molecule has 1 amide bonds. The molecule has 0 aromatic heterocycles. The highest BCUT2D eigenvalue weighted by molar-refractivity contribution is 7.71. The van der Waals surface area contributed by atoms with E-state index in [1.807, 2.05) is 19.9 Å². The third kappa shape index (κ3) is 4.03. The summed E-state index contributed by atoms with van der Waals surface area (Å²) in [4.78, 5) is 23.3. The second kappa shape index (κ2) is 7.31. The fraction of sp³-hybridized carbons (Fsp3) is 0.529. The van der Waals surface area contributed by atoms with Gasteiger partial charge in [-0.1, -0.05) is 26.0 Å². The van der Waals surface area contributed by atoms with Crippen LogP contribution in [0.3, 0.4) is 0 Å². The molecule has 6 heteroatoms. The Bertz CT molecular complexity index is 635. The lowest BCUT2D eigenvalue weighted by atomic mass is 10.0. The van der Waals surface area contributed by atoms with E-state index in [1.165, 1.54) is 0 Å². The van der Waals surface area contributed by atoms with Crippen molar-refractivity contribution >= 4 is 30.0 Å². The molecule has 0 bridgehead atoms. The molecule has 0 saturated heterocycles. The summed E-state index contributed by atoms with van der Waals surface area (Å²) in [6, 6.07) is 7.22. The van der Waals surface area contributed by atoms with Crippen molar-refractivity contribution in [1.82, 2.24) is 0 Å². The van der Waals surface area contributed by atoms with E-state index in [9.17, 15) is 14.2 Å². The zero-order chi connectivity index (χ0) is 17.0. The molecule has 2 rings (SSSR count). The van der Waals surface area contributed by atoms with Crippen LogP contribution in [0.15, 0.2) is 24.3 Å². The molecular formula is C17H24NO4P. The van der Waals surface area contributed by atoms with Crippen molar-refractivity contribution in [3.8, 4) is 0 Å². The van der Waals surface area contributed by atoms with Crippen molar-refractivity contribution in [1.29, 1.82) is 0 Å². The molecule has 2 N–H and O–H groups in total. The van der Waals surface area contributed by atoms with Gasteiger partial charge in [0.2, 0.25) is 5.91 Å². The molecule has 1 fully saturated rings. The Balaban J connectivity index is 2.08. The Hall–Kier alpha value is -1.61. The average molecular weight is 337 g/mol. The summed E-state index contributed by atoms with van der Waals surface area (Å²) < 4.78 is 12.8. The maximum Gasteiger partial charge on any atom is 0.306 e. The van der Waals surface area contributed by atoms with Gasteiger partial charge in [-0.25, -0.2) is 0 Å². The molecule has 126 valence electrons. The molecule has 0 spiro atoms. The van der Waals surface area contributed by atoms with Crippen molar-refractivity contribution < 1.29 is 19.3 Å². The number of anilines is 1. The standard InChI is InChI=1S/C17H24NO4P/c1-3-23(22,4-2)15-7-5-6-14(11-15)18-16(19)12-8-9-13(10-12)17(20)21/h5-7,11-13H,3-4,8-10H2,1-2H3,(H,18,19)(H,20,21)/t12-,13+/m1/s1. The predicted molar refractivity (Wildman–Crippen MR) is 91.9 cm³/mol. The minimum Gasteiger partial charge on any atom is -0.481 e. The first kappa shape index (κ1) is 17.7. The minimum absolute atomic E-state index is 0.145. The third-order valence-corrected chi connectivity index (χ3v) is 8.02. The molecule has 5 nitrogen and oxygen atoms in total. The van der Waals surface area contributed by atoms with E-state index in [1.54, 1.807) is 18.2 Å². The number of carbonyl (C=O) groups is 2. The molecule has 23 heavy (non-hydrogen) atoms. The smallest absolute Gasteiger partial charge is 0.306 e. The fourth-order valence-electron chi connectivity index (χ4n) is 3.11. The molecule has 0 unspecified atom stereocenters. The zero-order valence-electron chi connectivity index (χ0n) is 13.6. The molecule has 2 atom stereocenters. The average Bonchev–Trinajstić information content (AvgIpc) is 3.05. The van der Waals surface area contributed by atoms with Crippen molar-refractivity contribution in [3.63, 3.8) is 0 Å². The third-order valence-electron chi connectivity index (χ3n) is 4.76. The number of nitrogens with one attached hydrogen (secondary N) is 1. The van der Waals surface area contributed by atoms with Gasteiger partial charge in [-0.05, 0) is 31.4 Å². The lowest BCUT2D eigenvalue weighted by Gasteiger charge is -2.16. The summed E-state index contributed by atoms with van der Waals surface area (Å²) in [5.74, 6) is -1.65. The highest BCUT2D eigenvalue weighted by Gasteiger charge is 2.33. The number of amides is 1. The zero-order valence-corrected chi connectivity index (χ0v) is 14.5. The van der Waals surface area contributed by atoms with Gasteiger partial charge in [-0.15, -0.1) is 0 Å². The Labute approximate surface area is 136 Å². The van der Waals surface area contributed by atoms with Gasteiger partial charge in [0.05, 0.1) is 5.92 Å².